The van der Waals surface area contributed by atoms with Gasteiger partial charge in [-0.25, -0.2) is 0 Å². The number of ether oxygens (including phenoxy) is 1. The van der Waals surface area contributed by atoms with Crippen molar-refractivity contribution in [3.8, 4) is 5.75 Å². The highest BCUT2D eigenvalue weighted by atomic mass is 16.5. The maximum Gasteiger partial charge on any atom is 0.303 e. The van der Waals surface area contributed by atoms with Crippen molar-refractivity contribution in [1.29, 1.82) is 0 Å². The lowest BCUT2D eigenvalue weighted by Crippen LogP contribution is -2.37. The summed E-state index contributed by atoms with van der Waals surface area (Å²) in [5.41, 5.74) is 6.05. The summed E-state index contributed by atoms with van der Waals surface area (Å²) in [7, 11) is 0. The summed E-state index contributed by atoms with van der Waals surface area (Å²) in [6.07, 6.45) is 6.41. The minimum absolute atomic E-state index is 0.0753. The van der Waals surface area contributed by atoms with Crippen LogP contribution in [0.4, 0.5) is 0 Å². The van der Waals surface area contributed by atoms with Crippen molar-refractivity contribution >= 4 is 5.97 Å². The number of fused-ring (bicyclic) bond motifs is 1. The van der Waals surface area contributed by atoms with Gasteiger partial charge in [0.2, 0.25) is 0 Å². The molecule has 0 unspecified atom stereocenters. The van der Waals surface area contributed by atoms with Crippen LogP contribution < -0.4 is 4.74 Å². The number of carbonyl (C=O) groups is 1. The molecule has 0 aromatic heterocycles. The van der Waals surface area contributed by atoms with Gasteiger partial charge in [-0.2, -0.15) is 0 Å². The summed E-state index contributed by atoms with van der Waals surface area (Å²) in [5, 5.41) is 9.03. The third-order valence-electron chi connectivity index (χ3n) is 5.86. The molecule has 1 aliphatic rings. The first-order valence-corrected chi connectivity index (χ1v) is 9.67. The average molecular weight is 347 g/mol. The van der Waals surface area contributed by atoms with Crippen LogP contribution in [0.1, 0.15) is 80.7 Å². The van der Waals surface area contributed by atoms with Crippen molar-refractivity contribution in [2.45, 2.75) is 92.1 Å². The van der Waals surface area contributed by atoms with Crippen molar-refractivity contribution in [2.24, 2.45) is 5.92 Å². The van der Waals surface area contributed by atoms with Crippen molar-refractivity contribution in [2.75, 3.05) is 0 Å². The largest absolute Gasteiger partial charge is 0.487 e. The first-order valence-electron chi connectivity index (χ1n) is 9.67. The standard InChI is InChI=1S/C22H34O3/c1-14(2)8-7-12-22(6)13-11-19-17(5)18(9-10-20(23)24)15(3)16(4)21(19)25-22/h14H,7-13H2,1-6H3,(H,23,24)/t22-/m1/s1. The fraction of sp³-hybridized carbons (Fsp3) is 0.682. The van der Waals surface area contributed by atoms with Crippen molar-refractivity contribution in [3.05, 3.63) is 27.8 Å². The third-order valence-corrected chi connectivity index (χ3v) is 5.86. The molecule has 140 valence electrons. The van der Waals surface area contributed by atoms with Gasteiger partial charge < -0.3 is 9.84 Å². The monoisotopic (exact) mass is 346 g/mol. The summed E-state index contributed by atoms with van der Waals surface area (Å²) in [6.45, 7) is 13.2. The van der Waals surface area contributed by atoms with Crippen LogP contribution in [0.3, 0.4) is 0 Å². The third kappa shape index (κ3) is 4.56. The van der Waals surface area contributed by atoms with Gasteiger partial charge in [0, 0.05) is 6.42 Å². The van der Waals surface area contributed by atoms with Crippen molar-refractivity contribution in [1.82, 2.24) is 0 Å². The van der Waals surface area contributed by atoms with Crippen LogP contribution in [0.15, 0.2) is 0 Å². The molecule has 1 atom stereocenters. The van der Waals surface area contributed by atoms with E-state index in [4.69, 9.17) is 9.84 Å². The normalized spacial score (nSPS) is 19.6. The van der Waals surface area contributed by atoms with Crippen molar-refractivity contribution < 1.29 is 14.6 Å². The predicted octanol–water partition coefficient (Wildman–Crippen LogP) is 5.54. The van der Waals surface area contributed by atoms with E-state index < -0.39 is 5.97 Å². The zero-order valence-electron chi connectivity index (χ0n) is 16.8. The highest BCUT2D eigenvalue weighted by Crippen LogP contribution is 2.42. The quantitative estimate of drug-likeness (QED) is 0.705. The van der Waals surface area contributed by atoms with Crippen LogP contribution in [0.25, 0.3) is 0 Å². The van der Waals surface area contributed by atoms with Crippen LogP contribution in [-0.2, 0) is 17.6 Å². The molecule has 1 aromatic carbocycles. The second-order valence-corrected chi connectivity index (χ2v) is 8.39. The van der Waals surface area contributed by atoms with Crippen molar-refractivity contribution in [3.63, 3.8) is 0 Å². The Morgan fingerprint density at radius 1 is 1.20 bits per heavy atom. The van der Waals surface area contributed by atoms with E-state index in [0.29, 0.717) is 6.42 Å². The van der Waals surface area contributed by atoms with E-state index in [0.717, 1.165) is 30.9 Å². The molecule has 1 heterocycles. The number of carboxylic acids is 1. The van der Waals surface area contributed by atoms with Gasteiger partial charge in [0.25, 0.3) is 0 Å². The molecular weight excluding hydrogens is 312 g/mol. The highest BCUT2D eigenvalue weighted by molar-refractivity contribution is 5.67. The molecule has 3 heteroatoms. The zero-order chi connectivity index (χ0) is 18.8. The van der Waals surface area contributed by atoms with E-state index in [1.807, 2.05) is 0 Å². The summed E-state index contributed by atoms with van der Waals surface area (Å²) >= 11 is 0. The topological polar surface area (TPSA) is 46.5 Å². The maximum absolute atomic E-state index is 11.0. The molecule has 1 N–H and O–H groups in total. The van der Waals surface area contributed by atoms with Gasteiger partial charge in [-0.15, -0.1) is 0 Å². The van der Waals surface area contributed by atoms with Gasteiger partial charge >= 0.3 is 5.97 Å². The Bertz CT molecular complexity index is 645. The van der Waals surface area contributed by atoms with Gasteiger partial charge in [0.1, 0.15) is 11.4 Å². The first-order chi connectivity index (χ1) is 11.6. The SMILES string of the molecule is Cc1c(C)c2c(c(C)c1CCC(=O)O)CC[C@@](C)(CCCC(C)C)O2. The molecule has 3 nitrogen and oxygen atoms in total. The second-order valence-electron chi connectivity index (χ2n) is 8.39. The lowest BCUT2D eigenvalue weighted by molar-refractivity contribution is -0.136. The predicted molar refractivity (Wildman–Crippen MR) is 103 cm³/mol. The van der Waals surface area contributed by atoms with Crippen LogP contribution in [0, 0.1) is 26.7 Å². The zero-order valence-corrected chi connectivity index (χ0v) is 16.8. The minimum atomic E-state index is -0.733. The molecule has 0 saturated carbocycles. The molecule has 0 spiro atoms. The Morgan fingerprint density at radius 3 is 2.48 bits per heavy atom. The lowest BCUT2D eigenvalue weighted by atomic mass is 9.82. The van der Waals surface area contributed by atoms with E-state index in [1.54, 1.807) is 0 Å². The number of hydrogen-bond donors (Lipinski definition) is 1. The van der Waals surface area contributed by atoms with E-state index in [2.05, 4.69) is 41.5 Å². The number of benzene rings is 1. The maximum atomic E-state index is 11.0. The number of rotatable bonds is 7. The van der Waals surface area contributed by atoms with Gasteiger partial charge in [-0.1, -0.05) is 20.3 Å². The summed E-state index contributed by atoms with van der Waals surface area (Å²) in [5.74, 6) is 1.07. The Kier molecular flexibility index (Phi) is 6.18. The van der Waals surface area contributed by atoms with Gasteiger partial charge in [-0.05, 0) is 93.5 Å². The summed E-state index contributed by atoms with van der Waals surface area (Å²) < 4.78 is 6.56. The molecule has 0 fully saturated rings. The van der Waals surface area contributed by atoms with E-state index in [9.17, 15) is 4.79 Å². The van der Waals surface area contributed by atoms with Crippen LogP contribution in [0.2, 0.25) is 0 Å². The number of aliphatic carboxylic acids is 1. The molecule has 0 saturated heterocycles. The molecule has 1 aliphatic heterocycles. The Hall–Kier alpha value is -1.51. The van der Waals surface area contributed by atoms with Crippen LogP contribution >= 0.6 is 0 Å². The van der Waals surface area contributed by atoms with Crippen LogP contribution in [0.5, 0.6) is 5.75 Å². The molecule has 2 rings (SSSR count). The average Bonchev–Trinajstić information content (AvgIpc) is 2.52. The fourth-order valence-corrected chi connectivity index (χ4v) is 4.05. The number of hydrogen-bond acceptors (Lipinski definition) is 2. The highest BCUT2D eigenvalue weighted by Gasteiger charge is 2.34. The molecule has 1 aromatic rings. The van der Waals surface area contributed by atoms with E-state index >= 15 is 0 Å². The second kappa shape index (κ2) is 7.80. The van der Waals surface area contributed by atoms with Gasteiger partial charge in [-0.3, -0.25) is 4.79 Å². The fourth-order valence-electron chi connectivity index (χ4n) is 4.05. The Labute approximate surface area is 152 Å². The summed E-state index contributed by atoms with van der Waals surface area (Å²) in [6, 6.07) is 0. The lowest BCUT2D eigenvalue weighted by Gasteiger charge is -2.38. The smallest absolute Gasteiger partial charge is 0.303 e. The first kappa shape index (κ1) is 19.8. The molecular formula is C22H34O3. The Morgan fingerprint density at radius 2 is 1.88 bits per heavy atom. The summed E-state index contributed by atoms with van der Waals surface area (Å²) in [4.78, 5) is 11.0. The molecule has 0 bridgehead atoms. The van der Waals surface area contributed by atoms with E-state index in [-0.39, 0.29) is 12.0 Å². The van der Waals surface area contributed by atoms with Crippen LogP contribution in [-0.4, -0.2) is 16.7 Å². The molecule has 0 aliphatic carbocycles. The molecule has 0 amide bonds. The minimum Gasteiger partial charge on any atom is -0.487 e. The van der Waals surface area contributed by atoms with Gasteiger partial charge in [0.05, 0.1) is 0 Å². The molecule has 0 radical (unpaired) electrons. The number of carboxylic acid groups (broad SMARTS) is 1. The van der Waals surface area contributed by atoms with Gasteiger partial charge in [0.15, 0.2) is 0 Å². The van der Waals surface area contributed by atoms with E-state index in [1.165, 1.54) is 40.7 Å². The molecule has 25 heavy (non-hydrogen) atoms. The Balaban J connectivity index is 2.26.